The van der Waals surface area contributed by atoms with E-state index in [-0.39, 0.29) is 28.1 Å². The molecule has 232 valence electrons. The minimum Gasteiger partial charge on any atom is -0.354 e. The van der Waals surface area contributed by atoms with Crippen LogP contribution in [0.25, 0.3) is 0 Å². The fraction of sp³-hybridized carbons (Fsp3) is 0.333. The number of carbonyl (C=O) groups is 2. The molecular weight excluding hydrogens is 626 g/mol. The van der Waals surface area contributed by atoms with Gasteiger partial charge in [0.15, 0.2) is 0 Å². The van der Waals surface area contributed by atoms with Crippen LogP contribution in [0.5, 0.6) is 0 Å². The van der Waals surface area contributed by atoms with E-state index in [4.69, 9.17) is 23.2 Å². The van der Waals surface area contributed by atoms with Gasteiger partial charge < -0.3 is 10.2 Å². The van der Waals surface area contributed by atoms with Crippen LogP contribution < -0.4 is 9.62 Å². The zero-order valence-corrected chi connectivity index (χ0v) is 26.3. The Bertz CT molecular complexity index is 1570. The first-order chi connectivity index (χ1) is 20.0. The number of hydrogen-bond donors (Lipinski definition) is 1. The van der Waals surface area contributed by atoms with E-state index in [0.717, 1.165) is 22.6 Å². The number of alkyl halides is 3. The molecule has 0 bridgehead atoms. The highest BCUT2D eigenvalue weighted by atomic mass is 35.5. The SMILES string of the molecule is Cc1ccc(S(=O)(=O)N(CC(=O)N(Cc2ccc(Cl)cc2Cl)[C@H](C)C(=O)NCC(C)C)c2cccc(C(F)(F)F)c2)cc1. The zero-order chi connectivity index (χ0) is 32.1. The predicted octanol–water partition coefficient (Wildman–Crippen LogP) is 6.71. The molecule has 3 aromatic carbocycles. The second kappa shape index (κ2) is 14.0. The van der Waals surface area contributed by atoms with Crippen LogP contribution in [-0.2, 0) is 32.3 Å². The van der Waals surface area contributed by atoms with Crippen LogP contribution in [0.3, 0.4) is 0 Å². The maximum atomic E-state index is 14.0. The summed E-state index contributed by atoms with van der Waals surface area (Å²) < 4.78 is 69.1. The summed E-state index contributed by atoms with van der Waals surface area (Å²) in [4.78, 5) is 27.9. The van der Waals surface area contributed by atoms with Crippen molar-refractivity contribution in [3.8, 4) is 0 Å². The van der Waals surface area contributed by atoms with Crippen molar-refractivity contribution in [2.75, 3.05) is 17.4 Å². The number of amides is 2. The first-order valence-corrected chi connectivity index (χ1v) is 15.5. The van der Waals surface area contributed by atoms with Gasteiger partial charge in [-0.3, -0.25) is 13.9 Å². The number of halogens is 5. The van der Waals surface area contributed by atoms with Crippen LogP contribution in [0.4, 0.5) is 18.9 Å². The van der Waals surface area contributed by atoms with Gasteiger partial charge in [0.1, 0.15) is 12.6 Å². The molecule has 0 aliphatic heterocycles. The summed E-state index contributed by atoms with van der Waals surface area (Å²) >= 11 is 12.4. The lowest BCUT2D eigenvalue weighted by Crippen LogP contribution is -2.51. The van der Waals surface area contributed by atoms with Gasteiger partial charge in [0, 0.05) is 23.1 Å². The normalized spacial score (nSPS) is 12.6. The van der Waals surface area contributed by atoms with Crippen molar-refractivity contribution in [1.82, 2.24) is 10.2 Å². The van der Waals surface area contributed by atoms with Crippen LogP contribution in [0, 0.1) is 12.8 Å². The Labute approximate surface area is 259 Å². The van der Waals surface area contributed by atoms with Gasteiger partial charge >= 0.3 is 6.18 Å². The fourth-order valence-electron chi connectivity index (χ4n) is 4.07. The van der Waals surface area contributed by atoms with Gasteiger partial charge in [-0.1, -0.05) is 66.9 Å². The number of hydrogen-bond acceptors (Lipinski definition) is 4. The minimum atomic E-state index is -4.76. The molecule has 0 unspecified atom stereocenters. The number of nitrogens with zero attached hydrogens (tertiary/aromatic N) is 2. The molecule has 0 aliphatic carbocycles. The van der Waals surface area contributed by atoms with Gasteiger partial charge in [-0.2, -0.15) is 13.2 Å². The van der Waals surface area contributed by atoms with Gasteiger partial charge in [0.2, 0.25) is 11.8 Å². The highest BCUT2D eigenvalue weighted by Gasteiger charge is 2.35. The topological polar surface area (TPSA) is 86.8 Å². The Kier molecular flexibility index (Phi) is 11.1. The molecular formula is C30H32Cl2F3N3O4S. The Balaban J connectivity index is 2.10. The number of anilines is 1. The van der Waals surface area contributed by atoms with Crippen molar-refractivity contribution in [1.29, 1.82) is 0 Å². The Hall–Kier alpha value is -3.28. The van der Waals surface area contributed by atoms with Crippen LogP contribution in [0.15, 0.2) is 71.6 Å². The number of carbonyl (C=O) groups excluding carboxylic acids is 2. The lowest BCUT2D eigenvalue weighted by molar-refractivity contribution is -0.139. The van der Waals surface area contributed by atoms with Crippen LogP contribution >= 0.6 is 23.2 Å². The third-order valence-corrected chi connectivity index (χ3v) is 8.93. The van der Waals surface area contributed by atoms with E-state index in [1.54, 1.807) is 19.1 Å². The maximum Gasteiger partial charge on any atom is 0.416 e. The highest BCUT2D eigenvalue weighted by molar-refractivity contribution is 7.92. The van der Waals surface area contributed by atoms with Crippen LogP contribution in [0.1, 0.15) is 37.5 Å². The van der Waals surface area contributed by atoms with Gasteiger partial charge in [-0.15, -0.1) is 0 Å². The summed E-state index contributed by atoms with van der Waals surface area (Å²) in [5.74, 6) is -1.23. The first kappa shape index (κ1) is 34.2. The molecule has 13 heteroatoms. The molecule has 1 atom stereocenters. The standard InChI is InChI=1S/C30H32Cl2F3N3O4S/c1-19(2)16-36-29(40)21(4)37(17-22-10-11-24(31)15-27(22)32)28(39)18-38(25-7-5-6-23(14-25)30(33,34)35)43(41,42)26-12-8-20(3)9-13-26/h5-15,19,21H,16-18H2,1-4H3,(H,36,40)/t21-/m1/s1. The molecule has 0 saturated carbocycles. The van der Waals surface area contributed by atoms with Crippen molar-refractivity contribution in [2.45, 2.75) is 51.4 Å². The van der Waals surface area contributed by atoms with E-state index < -0.39 is 46.2 Å². The number of sulfonamides is 1. The molecule has 0 radical (unpaired) electrons. The smallest absolute Gasteiger partial charge is 0.354 e. The molecule has 43 heavy (non-hydrogen) atoms. The van der Waals surface area contributed by atoms with Crippen molar-refractivity contribution in [3.05, 3.63) is 93.5 Å². The molecule has 0 fully saturated rings. The number of nitrogens with one attached hydrogen (secondary N) is 1. The van der Waals surface area contributed by atoms with E-state index in [1.165, 1.54) is 43.3 Å². The third kappa shape index (κ3) is 8.87. The summed E-state index contributed by atoms with van der Waals surface area (Å²) in [6.45, 7) is 6.23. The summed E-state index contributed by atoms with van der Waals surface area (Å²) in [6.07, 6.45) is -4.76. The number of benzene rings is 3. The molecule has 0 heterocycles. The van der Waals surface area contributed by atoms with E-state index in [1.807, 2.05) is 13.8 Å². The molecule has 0 saturated heterocycles. The van der Waals surface area contributed by atoms with Gasteiger partial charge in [0.25, 0.3) is 10.0 Å². The van der Waals surface area contributed by atoms with E-state index in [9.17, 15) is 31.2 Å². The Morgan fingerprint density at radius 2 is 1.60 bits per heavy atom. The highest BCUT2D eigenvalue weighted by Crippen LogP contribution is 2.33. The molecule has 1 N–H and O–H groups in total. The lowest BCUT2D eigenvalue weighted by Gasteiger charge is -2.32. The summed E-state index contributed by atoms with van der Waals surface area (Å²) in [7, 11) is -4.54. The summed E-state index contributed by atoms with van der Waals surface area (Å²) in [5, 5.41) is 3.31. The van der Waals surface area contributed by atoms with Crippen LogP contribution in [0.2, 0.25) is 10.0 Å². The first-order valence-electron chi connectivity index (χ1n) is 13.3. The number of aryl methyl sites for hydroxylation is 1. The average molecular weight is 659 g/mol. The molecule has 0 aliphatic rings. The second-order valence-electron chi connectivity index (χ2n) is 10.4. The van der Waals surface area contributed by atoms with Crippen molar-refractivity contribution < 1.29 is 31.2 Å². The zero-order valence-electron chi connectivity index (χ0n) is 24.0. The van der Waals surface area contributed by atoms with Crippen molar-refractivity contribution >= 4 is 50.7 Å². The van der Waals surface area contributed by atoms with E-state index >= 15 is 0 Å². The lowest BCUT2D eigenvalue weighted by atomic mass is 10.1. The maximum absolute atomic E-state index is 14.0. The van der Waals surface area contributed by atoms with Crippen LogP contribution in [-0.4, -0.2) is 44.3 Å². The fourth-order valence-corrected chi connectivity index (χ4v) is 5.95. The molecule has 3 aromatic rings. The quantitative estimate of drug-likeness (QED) is 0.248. The van der Waals surface area contributed by atoms with E-state index in [2.05, 4.69) is 5.32 Å². The largest absolute Gasteiger partial charge is 0.416 e. The van der Waals surface area contributed by atoms with Crippen molar-refractivity contribution in [3.63, 3.8) is 0 Å². The average Bonchev–Trinajstić information content (AvgIpc) is 2.93. The third-order valence-electron chi connectivity index (χ3n) is 6.56. The minimum absolute atomic E-state index is 0.113. The summed E-state index contributed by atoms with van der Waals surface area (Å²) in [5.41, 5.74) is -0.277. The molecule has 7 nitrogen and oxygen atoms in total. The van der Waals surface area contributed by atoms with E-state index in [0.29, 0.717) is 27.5 Å². The molecule has 0 spiro atoms. The molecule has 2 amide bonds. The predicted molar refractivity (Wildman–Crippen MR) is 161 cm³/mol. The van der Waals surface area contributed by atoms with Gasteiger partial charge in [-0.25, -0.2) is 8.42 Å². The van der Waals surface area contributed by atoms with Crippen molar-refractivity contribution in [2.24, 2.45) is 5.92 Å². The molecule has 0 aromatic heterocycles. The monoisotopic (exact) mass is 657 g/mol. The van der Waals surface area contributed by atoms with Gasteiger partial charge in [-0.05, 0) is 67.8 Å². The number of rotatable bonds is 11. The summed E-state index contributed by atoms with van der Waals surface area (Å²) in [6, 6.07) is 12.9. The Morgan fingerprint density at radius 3 is 2.19 bits per heavy atom. The Morgan fingerprint density at radius 1 is 0.953 bits per heavy atom. The molecule has 3 rings (SSSR count). The van der Waals surface area contributed by atoms with Gasteiger partial charge in [0.05, 0.1) is 16.1 Å². The second-order valence-corrected chi connectivity index (χ2v) is 13.2.